The Bertz CT molecular complexity index is 1320. The van der Waals surface area contributed by atoms with Crippen LogP contribution in [-0.2, 0) is 0 Å². The van der Waals surface area contributed by atoms with E-state index in [4.69, 9.17) is 5.73 Å². The average molecular weight is 375 g/mol. The summed E-state index contributed by atoms with van der Waals surface area (Å²) in [5.74, 6) is 0.135. The van der Waals surface area contributed by atoms with Crippen molar-refractivity contribution in [2.24, 2.45) is 0 Å². The van der Waals surface area contributed by atoms with Crippen LogP contribution in [0.3, 0.4) is 0 Å². The van der Waals surface area contributed by atoms with Gasteiger partial charge in [-0.1, -0.05) is 79.4 Å². The molecule has 0 spiro atoms. The first-order valence-electron chi connectivity index (χ1n) is 9.68. The highest BCUT2D eigenvalue weighted by molar-refractivity contribution is 6.22. The lowest BCUT2D eigenvalue weighted by Gasteiger charge is -2.17. The molecule has 140 valence electrons. The Morgan fingerprint density at radius 3 is 2.31 bits per heavy atom. The Morgan fingerprint density at radius 1 is 0.828 bits per heavy atom. The van der Waals surface area contributed by atoms with Gasteiger partial charge in [-0.05, 0) is 62.7 Å². The van der Waals surface area contributed by atoms with E-state index in [1.165, 1.54) is 10.8 Å². The van der Waals surface area contributed by atoms with E-state index in [1.54, 1.807) is 0 Å². The molecule has 2 heteroatoms. The van der Waals surface area contributed by atoms with Gasteiger partial charge in [-0.2, -0.15) is 0 Å². The lowest BCUT2D eigenvalue weighted by molar-refractivity contribution is 0.479. The number of benzene rings is 4. The molecule has 0 fully saturated rings. The van der Waals surface area contributed by atoms with Crippen molar-refractivity contribution < 1.29 is 5.11 Å². The molecule has 3 N–H and O–H groups in total. The quantitative estimate of drug-likeness (QED) is 0.303. The Kier molecular flexibility index (Phi) is 3.82. The van der Waals surface area contributed by atoms with Crippen molar-refractivity contribution in [2.45, 2.75) is 6.92 Å². The number of hydrogen-bond acceptors (Lipinski definition) is 2. The van der Waals surface area contributed by atoms with E-state index in [-0.39, 0.29) is 5.75 Å². The van der Waals surface area contributed by atoms with Gasteiger partial charge < -0.3 is 10.8 Å². The van der Waals surface area contributed by atoms with Crippen LogP contribution in [0.2, 0.25) is 0 Å². The number of fused-ring (bicyclic) bond motifs is 2. The minimum atomic E-state index is 0.135. The van der Waals surface area contributed by atoms with Gasteiger partial charge in [0.05, 0.1) is 5.69 Å². The standard InChI is InChI=1S/C27H21NO/c1-16-22(21-14-8-12-18-9-6-7-13-20(18)21)15-23-24(16)17(2)26(28)27(29)25(23)19-10-4-3-5-11-19/h3-15,29H,1,28H2,2H3. The summed E-state index contributed by atoms with van der Waals surface area (Å²) in [5.41, 5.74) is 14.5. The molecule has 0 saturated carbocycles. The van der Waals surface area contributed by atoms with Gasteiger partial charge in [-0.25, -0.2) is 0 Å². The van der Waals surface area contributed by atoms with Crippen LogP contribution in [0.15, 0.2) is 79.4 Å². The highest BCUT2D eigenvalue weighted by atomic mass is 16.3. The number of aromatic hydroxyl groups is 1. The van der Waals surface area contributed by atoms with Crippen LogP contribution in [0.1, 0.15) is 22.3 Å². The molecular formula is C27H21NO. The van der Waals surface area contributed by atoms with E-state index in [2.05, 4.69) is 55.1 Å². The first-order chi connectivity index (χ1) is 14.1. The summed E-state index contributed by atoms with van der Waals surface area (Å²) in [6.45, 7) is 6.37. The van der Waals surface area contributed by atoms with Crippen molar-refractivity contribution in [3.05, 3.63) is 102 Å². The molecule has 1 aliphatic rings. The number of nitrogen functional groups attached to an aromatic ring is 1. The molecule has 4 aromatic carbocycles. The lowest BCUT2D eigenvalue weighted by atomic mass is 9.89. The normalized spacial score (nSPS) is 12.9. The maximum Gasteiger partial charge on any atom is 0.147 e. The second-order valence-electron chi connectivity index (χ2n) is 7.48. The smallest absolute Gasteiger partial charge is 0.147 e. The maximum absolute atomic E-state index is 10.9. The minimum Gasteiger partial charge on any atom is -0.505 e. The summed E-state index contributed by atoms with van der Waals surface area (Å²) in [4.78, 5) is 0. The maximum atomic E-state index is 10.9. The third-order valence-corrected chi connectivity index (χ3v) is 5.87. The molecule has 0 heterocycles. The number of hydrogen-bond donors (Lipinski definition) is 2. The van der Waals surface area contributed by atoms with Crippen LogP contribution in [0, 0.1) is 6.92 Å². The zero-order chi connectivity index (χ0) is 20.1. The second-order valence-corrected chi connectivity index (χ2v) is 7.48. The molecule has 0 atom stereocenters. The lowest BCUT2D eigenvalue weighted by Crippen LogP contribution is -1.99. The molecule has 1 aliphatic carbocycles. The monoisotopic (exact) mass is 375 g/mol. The number of nitrogens with two attached hydrogens (primary N) is 1. The Hall–Kier alpha value is -3.78. The van der Waals surface area contributed by atoms with Crippen LogP contribution in [-0.4, -0.2) is 5.11 Å². The van der Waals surface area contributed by atoms with Crippen LogP contribution in [0.5, 0.6) is 5.75 Å². The highest BCUT2D eigenvalue weighted by Crippen LogP contribution is 2.51. The van der Waals surface area contributed by atoms with E-state index < -0.39 is 0 Å². The summed E-state index contributed by atoms with van der Waals surface area (Å²) in [6, 6.07) is 24.6. The number of anilines is 1. The SMILES string of the molecule is C=C1C(c2cccc3ccccc23)=Cc2c1c(C)c(N)c(O)c2-c1ccccc1. The molecule has 4 aromatic rings. The van der Waals surface area contributed by atoms with E-state index in [9.17, 15) is 5.11 Å². The molecular weight excluding hydrogens is 354 g/mol. The number of allylic oxidation sites excluding steroid dienone is 2. The third-order valence-electron chi connectivity index (χ3n) is 5.87. The van der Waals surface area contributed by atoms with Crippen molar-refractivity contribution in [3.8, 4) is 16.9 Å². The van der Waals surface area contributed by atoms with Gasteiger partial charge in [-0.3, -0.25) is 0 Å². The molecule has 0 amide bonds. The molecule has 0 aliphatic heterocycles. The number of phenols is 1. The molecule has 0 radical (unpaired) electrons. The Morgan fingerprint density at radius 2 is 1.52 bits per heavy atom. The summed E-state index contributed by atoms with van der Waals surface area (Å²) in [7, 11) is 0. The Balaban J connectivity index is 1.82. The predicted molar refractivity (Wildman–Crippen MR) is 124 cm³/mol. The fourth-order valence-electron chi connectivity index (χ4n) is 4.40. The average Bonchev–Trinajstić information content (AvgIpc) is 3.09. The predicted octanol–water partition coefficient (Wildman–Crippen LogP) is 6.67. The molecule has 5 rings (SSSR count). The van der Waals surface area contributed by atoms with Crippen LogP contribution in [0.25, 0.3) is 39.1 Å². The fourth-order valence-corrected chi connectivity index (χ4v) is 4.40. The summed E-state index contributed by atoms with van der Waals surface area (Å²) in [6.07, 6.45) is 2.15. The van der Waals surface area contributed by atoms with Crippen molar-refractivity contribution in [2.75, 3.05) is 5.73 Å². The Labute approximate surface area is 170 Å². The van der Waals surface area contributed by atoms with Gasteiger partial charge in [-0.15, -0.1) is 0 Å². The van der Waals surface area contributed by atoms with Gasteiger partial charge >= 0.3 is 0 Å². The molecule has 0 saturated heterocycles. The summed E-state index contributed by atoms with van der Waals surface area (Å²) >= 11 is 0. The van der Waals surface area contributed by atoms with E-state index in [1.807, 2.05) is 37.3 Å². The summed E-state index contributed by atoms with van der Waals surface area (Å²) in [5, 5.41) is 13.3. The first-order valence-corrected chi connectivity index (χ1v) is 9.68. The van der Waals surface area contributed by atoms with Gasteiger partial charge in [0.25, 0.3) is 0 Å². The zero-order valence-electron chi connectivity index (χ0n) is 16.2. The highest BCUT2D eigenvalue weighted by Gasteiger charge is 2.28. The van der Waals surface area contributed by atoms with E-state index >= 15 is 0 Å². The third kappa shape index (κ3) is 2.50. The first kappa shape index (κ1) is 17.3. The van der Waals surface area contributed by atoms with Gasteiger partial charge in [0, 0.05) is 5.56 Å². The minimum absolute atomic E-state index is 0.135. The molecule has 29 heavy (non-hydrogen) atoms. The number of rotatable bonds is 2. The van der Waals surface area contributed by atoms with Gasteiger partial charge in [0.2, 0.25) is 0 Å². The van der Waals surface area contributed by atoms with Crippen molar-refractivity contribution in [1.82, 2.24) is 0 Å². The van der Waals surface area contributed by atoms with E-state index in [0.717, 1.165) is 44.5 Å². The molecule has 0 aromatic heterocycles. The number of phenolic OH excluding ortho intramolecular Hbond substituents is 1. The summed E-state index contributed by atoms with van der Waals surface area (Å²) < 4.78 is 0. The largest absolute Gasteiger partial charge is 0.505 e. The topological polar surface area (TPSA) is 46.2 Å². The van der Waals surface area contributed by atoms with Crippen LogP contribution >= 0.6 is 0 Å². The second kappa shape index (κ2) is 6.39. The zero-order valence-corrected chi connectivity index (χ0v) is 16.2. The van der Waals surface area contributed by atoms with Crippen LogP contribution < -0.4 is 5.73 Å². The van der Waals surface area contributed by atoms with Crippen molar-refractivity contribution >= 4 is 33.7 Å². The van der Waals surface area contributed by atoms with Crippen molar-refractivity contribution in [1.29, 1.82) is 0 Å². The van der Waals surface area contributed by atoms with Gasteiger partial charge in [0.15, 0.2) is 0 Å². The van der Waals surface area contributed by atoms with Crippen molar-refractivity contribution in [3.63, 3.8) is 0 Å². The van der Waals surface area contributed by atoms with Gasteiger partial charge in [0.1, 0.15) is 5.75 Å². The molecule has 0 bridgehead atoms. The van der Waals surface area contributed by atoms with Crippen LogP contribution in [0.4, 0.5) is 5.69 Å². The van der Waals surface area contributed by atoms with E-state index in [0.29, 0.717) is 5.69 Å². The fraction of sp³-hybridized carbons (Fsp3) is 0.0370. The molecule has 0 unspecified atom stereocenters. The molecule has 2 nitrogen and oxygen atoms in total.